The van der Waals surface area contributed by atoms with Gasteiger partial charge in [0.05, 0.1) is 0 Å². The van der Waals surface area contributed by atoms with Gasteiger partial charge in [0.2, 0.25) is 11.8 Å². The predicted molar refractivity (Wildman–Crippen MR) is 155 cm³/mol. The monoisotopic (exact) mass is 549 g/mol. The minimum Gasteiger partial charge on any atom is -0.444 e. The van der Waals surface area contributed by atoms with Crippen molar-refractivity contribution in [2.75, 3.05) is 11.9 Å². The zero-order valence-corrected chi connectivity index (χ0v) is 24.3. The van der Waals surface area contributed by atoms with Gasteiger partial charge in [-0.2, -0.15) is 10.5 Å². The van der Waals surface area contributed by atoms with E-state index in [-0.39, 0.29) is 17.4 Å². The molecule has 0 aromatic heterocycles. The van der Waals surface area contributed by atoms with Crippen molar-refractivity contribution in [2.24, 2.45) is 5.92 Å². The number of amides is 3. The Labute approximate surface area is 238 Å². The molecule has 1 aliphatic carbocycles. The molecule has 0 bridgehead atoms. The van der Waals surface area contributed by atoms with E-state index in [9.17, 15) is 24.9 Å². The largest absolute Gasteiger partial charge is 0.444 e. The van der Waals surface area contributed by atoms with Gasteiger partial charge in [-0.3, -0.25) is 9.59 Å². The van der Waals surface area contributed by atoms with E-state index >= 15 is 0 Å². The van der Waals surface area contributed by atoms with Crippen LogP contribution >= 0.6 is 0 Å². The number of unbranched alkanes of at least 4 members (excludes halogenated alkanes) is 1. The van der Waals surface area contributed by atoms with Gasteiger partial charge in [-0.05, 0) is 82.6 Å². The molecule has 1 saturated carbocycles. The first-order valence-corrected chi connectivity index (χ1v) is 14.2. The Morgan fingerprint density at radius 3 is 2.42 bits per heavy atom. The quantitative estimate of drug-likeness (QED) is 0.216. The van der Waals surface area contributed by atoms with Crippen LogP contribution in [0.4, 0.5) is 10.5 Å². The third-order valence-electron chi connectivity index (χ3n) is 6.91. The molecule has 3 amide bonds. The molecule has 0 radical (unpaired) electrons. The highest BCUT2D eigenvalue weighted by molar-refractivity contribution is 5.97. The van der Waals surface area contributed by atoms with Gasteiger partial charge in [0, 0.05) is 18.7 Å². The molecule has 0 saturated heterocycles. The van der Waals surface area contributed by atoms with Crippen LogP contribution in [-0.2, 0) is 14.3 Å². The summed E-state index contributed by atoms with van der Waals surface area (Å²) in [6, 6.07) is 9.96. The van der Waals surface area contributed by atoms with Gasteiger partial charge in [0.15, 0.2) is 0 Å². The first-order chi connectivity index (χ1) is 19.0. The van der Waals surface area contributed by atoms with Gasteiger partial charge in [-0.25, -0.2) is 4.79 Å². The molecule has 9 nitrogen and oxygen atoms in total. The van der Waals surface area contributed by atoms with Crippen LogP contribution in [0.3, 0.4) is 0 Å². The fourth-order valence-corrected chi connectivity index (χ4v) is 4.72. The van der Waals surface area contributed by atoms with E-state index in [1.165, 1.54) is 19.3 Å². The molecule has 1 unspecified atom stereocenters. The summed E-state index contributed by atoms with van der Waals surface area (Å²) in [6.07, 6.45) is 8.36. The molecule has 0 heterocycles. The molecule has 1 fully saturated rings. The molecule has 0 aliphatic heterocycles. The molecule has 3 N–H and O–H groups in total. The van der Waals surface area contributed by atoms with Crippen LogP contribution in [0.15, 0.2) is 29.8 Å². The number of nitriles is 2. The third kappa shape index (κ3) is 11.9. The summed E-state index contributed by atoms with van der Waals surface area (Å²) in [4.78, 5) is 38.0. The summed E-state index contributed by atoms with van der Waals surface area (Å²) in [5, 5.41) is 26.9. The third-order valence-corrected chi connectivity index (χ3v) is 6.91. The standard InChI is InChI=1S/C31H43N5O4/c1-22(25(20-32)21-33)24-13-10-14-26(19-24)35-29(38)27(15-8-9-18-34-30(39)40-31(2,3)4)36-28(37)17-16-23-11-6-5-7-12-23/h10,13-14,19,23,27H,5-9,11-12,15-18H2,1-4H3,(H,34,39)(H,35,38)(H,36,37). The molecule has 1 aliphatic rings. The van der Waals surface area contributed by atoms with E-state index in [0.717, 1.165) is 19.3 Å². The second kappa shape index (κ2) is 16.3. The number of alkyl carbamates (subject to hydrolysis) is 1. The van der Waals surface area contributed by atoms with Crippen LogP contribution in [0.2, 0.25) is 0 Å². The fourth-order valence-electron chi connectivity index (χ4n) is 4.72. The molecule has 40 heavy (non-hydrogen) atoms. The fraction of sp³-hybridized carbons (Fsp3) is 0.581. The van der Waals surface area contributed by atoms with E-state index in [2.05, 4.69) is 16.0 Å². The zero-order chi connectivity index (χ0) is 29.5. The van der Waals surface area contributed by atoms with Crippen LogP contribution in [0.5, 0.6) is 0 Å². The van der Waals surface area contributed by atoms with Crippen molar-refractivity contribution in [3.05, 3.63) is 35.4 Å². The Morgan fingerprint density at radius 2 is 1.77 bits per heavy atom. The molecule has 216 valence electrons. The van der Waals surface area contributed by atoms with Crippen molar-refractivity contribution in [3.8, 4) is 12.1 Å². The number of hydrogen-bond donors (Lipinski definition) is 3. The zero-order valence-electron chi connectivity index (χ0n) is 24.3. The SMILES string of the molecule is CC(=C(C#N)C#N)c1cccc(NC(=O)C(CCCCNC(=O)OC(C)(C)C)NC(=O)CCC2CCCCC2)c1. The summed E-state index contributed by atoms with van der Waals surface area (Å²) in [5.74, 6) is 0.0833. The average molecular weight is 550 g/mol. The lowest BCUT2D eigenvalue weighted by Crippen LogP contribution is -2.44. The average Bonchev–Trinajstić information content (AvgIpc) is 2.91. The second-order valence-corrected chi connectivity index (χ2v) is 11.4. The Bertz CT molecular complexity index is 1120. The molecule has 1 atom stereocenters. The molecular formula is C31H43N5O4. The highest BCUT2D eigenvalue weighted by atomic mass is 16.6. The number of benzene rings is 1. The maximum absolute atomic E-state index is 13.3. The number of anilines is 1. The number of nitrogens with one attached hydrogen (secondary N) is 3. The Hall–Kier alpha value is -3.85. The van der Waals surface area contributed by atoms with Gasteiger partial charge in [0.1, 0.15) is 29.4 Å². The van der Waals surface area contributed by atoms with E-state index in [0.29, 0.717) is 55.0 Å². The van der Waals surface area contributed by atoms with Gasteiger partial charge >= 0.3 is 6.09 Å². The number of nitrogens with zero attached hydrogens (tertiary/aromatic N) is 2. The molecular weight excluding hydrogens is 506 g/mol. The van der Waals surface area contributed by atoms with Crippen molar-refractivity contribution >= 4 is 29.2 Å². The van der Waals surface area contributed by atoms with E-state index in [1.54, 1.807) is 52.0 Å². The Morgan fingerprint density at radius 1 is 1.07 bits per heavy atom. The van der Waals surface area contributed by atoms with E-state index in [1.807, 2.05) is 12.1 Å². The van der Waals surface area contributed by atoms with Crippen LogP contribution < -0.4 is 16.0 Å². The van der Waals surface area contributed by atoms with Crippen LogP contribution in [0.1, 0.15) is 97.5 Å². The molecule has 0 spiro atoms. The van der Waals surface area contributed by atoms with E-state index in [4.69, 9.17) is 4.74 Å². The number of rotatable bonds is 12. The smallest absolute Gasteiger partial charge is 0.407 e. The number of carbonyl (C=O) groups excluding carboxylic acids is 3. The summed E-state index contributed by atoms with van der Waals surface area (Å²) >= 11 is 0. The van der Waals surface area contributed by atoms with Crippen LogP contribution in [-0.4, -0.2) is 36.1 Å². The minimum atomic E-state index is -0.741. The molecule has 1 aromatic carbocycles. The van der Waals surface area contributed by atoms with Gasteiger partial charge in [-0.1, -0.05) is 44.2 Å². The molecule has 9 heteroatoms. The number of carbonyl (C=O) groups is 3. The second-order valence-electron chi connectivity index (χ2n) is 11.4. The first-order valence-electron chi connectivity index (χ1n) is 14.2. The van der Waals surface area contributed by atoms with Crippen LogP contribution in [0, 0.1) is 28.6 Å². The van der Waals surface area contributed by atoms with Crippen molar-refractivity contribution in [2.45, 2.75) is 104 Å². The summed E-state index contributed by atoms with van der Waals surface area (Å²) in [7, 11) is 0. The lowest BCUT2D eigenvalue weighted by atomic mass is 9.86. The summed E-state index contributed by atoms with van der Waals surface area (Å²) in [6.45, 7) is 7.47. The van der Waals surface area contributed by atoms with Crippen molar-refractivity contribution in [1.82, 2.24) is 10.6 Å². The minimum absolute atomic E-state index is 0.00609. The molecule has 2 rings (SSSR count). The topological polar surface area (TPSA) is 144 Å². The maximum atomic E-state index is 13.3. The summed E-state index contributed by atoms with van der Waals surface area (Å²) < 4.78 is 5.24. The van der Waals surface area contributed by atoms with E-state index < -0.39 is 17.7 Å². The van der Waals surface area contributed by atoms with Gasteiger partial charge in [-0.15, -0.1) is 0 Å². The normalized spacial score (nSPS) is 14.2. The van der Waals surface area contributed by atoms with Gasteiger partial charge in [0.25, 0.3) is 0 Å². The lowest BCUT2D eigenvalue weighted by molar-refractivity contribution is -0.126. The van der Waals surface area contributed by atoms with Gasteiger partial charge < -0.3 is 20.7 Å². The highest BCUT2D eigenvalue weighted by Crippen LogP contribution is 2.27. The highest BCUT2D eigenvalue weighted by Gasteiger charge is 2.22. The Kier molecular flexibility index (Phi) is 13.2. The molecule has 1 aromatic rings. The summed E-state index contributed by atoms with van der Waals surface area (Å²) in [5.41, 5.74) is 1.10. The van der Waals surface area contributed by atoms with Crippen molar-refractivity contribution < 1.29 is 19.1 Å². The first kappa shape index (κ1) is 32.4. The van der Waals surface area contributed by atoms with Crippen molar-refractivity contribution in [1.29, 1.82) is 10.5 Å². The number of allylic oxidation sites excluding steroid dienone is 2. The Balaban J connectivity index is 2.01. The lowest BCUT2D eigenvalue weighted by Gasteiger charge is -2.22. The van der Waals surface area contributed by atoms with Crippen molar-refractivity contribution in [3.63, 3.8) is 0 Å². The number of hydrogen-bond acceptors (Lipinski definition) is 6. The predicted octanol–water partition coefficient (Wildman–Crippen LogP) is 5.99. The maximum Gasteiger partial charge on any atom is 0.407 e. The number of ether oxygens (including phenoxy) is 1. The van der Waals surface area contributed by atoms with Crippen LogP contribution in [0.25, 0.3) is 5.57 Å².